The third-order valence-electron chi connectivity index (χ3n) is 4.92. The smallest absolute Gasteiger partial charge is 0.254 e. The molecular weight excluding hydrogens is 426 g/mol. The van der Waals surface area contributed by atoms with Gasteiger partial charge in [0.15, 0.2) is 0 Å². The second-order valence-electron chi connectivity index (χ2n) is 7.26. The molecule has 3 rings (SSSR count). The van der Waals surface area contributed by atoms with Crippen LogP contribution in [-0.4, -0.2) is 49.0 Å². The predicted molar refractivity (Wildman–Crippen MR) is 123 cm³/mol. The van der Waals surface area contributed by atoms with Crippen LogP contribution in [0.3, 0.4) is 0 Å². The molecule has 2 aromatic carbocycles. The molecule has 1 amide bonds. The molecule has 0 fully saturated rings. The van der Waals surface area contributed by atoms with Gasteiger partial charge in [0, 0.05) is 25.8 Å². The van der Waals surface area contributed by atoms with Gasteiger partial charge in [-0.3, -0.25) is 4.79 Å². The van der Waals surface area contributed by atoms with E-state index in [-0.39, 0.29) is 29.9 Å². The number of hydrogen-bond acceptors (Lipinski definition) is 5. The van der Waals surface area contributed by atoms with E-state index in [1.807, 2.05) is 12.1 Å². The van der Waals surface area contributed by atoms with Crippen molar-refractivity contribution in [2.45, 2.75) is 24.0 Å². The van der Waals surface area contributed by atoms with E-state index in [0.717, 1.165) is 0 Å². The van der Waals surface area contributed by atoms with Gasteiger partial charge in [-0.1, -0.05) is 54.6 Å². The van der Waals surface area contributed by atoms with Crippen LogP contribution in [0.15, 0.2) is 84.7 Å². The minimum Gasteiger partial charge on any atom is -0.383 e. The van der Waals surface area contributed by atoms with Gasteiger partial charge in [-0.15, -0.1) is 6.58 Å². The molecule has 3 aromatic rings. The molecule has 7 nitrogen and oxygen atoms in total. The molecule has 0 saturated carbocycles. The number of amides is 1. The van der Waals surface area contributed by atoms with Crippen LogP contribution in [0.4, 0.5) is 0 Å². The Morgan fingerprint density at radius 1 is 1.12 bits per heavy atom. The van der Waals surface area contributed by atoms with Gasteiger partial charge in [-0.2, -0.15) is 0 Å². The van der Waals surface area contributed by atoms with Crippen molar-refractivity contribution in [1.29, 1.82) is 0 Å². The molecule has 1 heterocycles. The van der Waals surface area contributed by atoms with Gasteiger partial charge in [0.2, 0.25) is 15.0 Å². The number of aromatic nitrogens is 2. The molecule has 0 radical (unpaired) electrons. The summed E-state index contributed by atoms with van der Waals surface area (Å²) in [7, 11) is -2.12. The molecule has 8 heteroatoms. The van der Waals surface area contributed by atoms with Crippen molar-refractivity contribution in [2.75, 3.05) is 20.3 Å². The van der Waals surface area contributed by atoms with Gasteiger partial charge >= 0.3 is 0 Å². The zero-order valence-electron chi connectivity index (χ0n) is 18.1. The lowest BCUT2D eigenvalue weighted by Gasteiger charge is -2.23. The van der Waals surface area contributed by atoms with Crippen LogP contribution in [0, 0.1) is 0 Å². The lowest BCUT2D eigenvalue weighted by atomic mass is 10.2. The maximum atomic E-state index is 13.1. The Morgan fingerprint density at radius 2 is 1.78 bits per heavy atom. The van der Waals surface area contributed by atoms with Crippen molar-refractivity contribution in [2.24, 2.45) is 0 Å². The molecule has 0 aliphatic carbocycles. The van der Waals surface area contributed by atoms with Crippen molar-refractivity contribution in [3.05, 3.63) is 96.3 Å². The molecule has 0 unspecified atom stereocenters. The van der Waals surface area contributed by atoms with Crippen molar-refractivity contribution in [3.63, 3.8) is 0 Å². The molecule has 0 N–H and O–H groups in total. The summed E-state index contributed by atoms with van der Waals surface area (Å²) in [5.74, 6) is -0.319. The summed E-state index contributed by atoms with van der Waals surface area (Å²) in [6, 6.07) is 17.9. The summed E-state index contributed by atoms with van der Waals surface area (Å²) in [6.07, 6.45) is 3.13. The van der Waals surface area contributed by atoms with E-state index in [4.69, 9.17) is 4.74 Å². The first-order valence-corrected chi connectivity index (χ1v) is 11.9. The zero-order chi connectivity index (χ0) is 23.0. The van der Waals surface area contributed by atoms with Crippen molar-refractivity contribution in [1.82, 2.24) is 14.5 Å². The number of nitrogens with zero attached hydrogens (tertiary/aromatic N) is 3. The normalized spacial score (nSPS) is 11.3. The number of methoxy groups -OCH3 is 1. The molecule has 1 aromatic heterocycles. The minimum absolute atomic E-state index is 0.0323. The molecule has 168 valence electrons. The van der Waals surface area contributed by atoms with E-state index < -0.39 is 9.84 Å². The van der Waals surface area contributed by atoms with Crippen molar-refractivity contribution >= 4 is 15.7 Å². The Morgan fingerprint density at radius 3 is 2.41 bits per heavy atom. The second-order valence-corrected chi connectivity index (χ2v) is 9.14. The fourth-order valence-electron chi connectivity index (χ4n) is 3.36. The van der Waals surface area contributed by atoms with Crippen LogP contribution in [-0.2, 0) is 33.4 Å². The van der Waals surface area contributed by atoms with Crippen LogP contribution in [0.5, 0.6) is 0 Å². The largest absolute Gasteiger partial charge is 0.383 e. The van der Waals surface area contributed by atoms with Crippen LogP contribution in [0.1, 0.15) is 21.6 Å². The van der Waals surface area contributed by atoms with E-state index in [1.165, 1.54) is 6.20 Å². The Kier molecular flexibility index (Phi) is 7.97. The van der Waals surface area contributed by atoms with Gasteiger partial charge in [0.1, 0.15) is 0 Å². The number of rotatable bonds is 11. The molecule has 0 atom stereocenters. The van der Waals surface area contributed by atoms with Gasteiger partial charge in [0.25, 0.3) is 5.91 Å². The molecule has 0 saturated heterocycles. The maximum Gasteiger partial charge on any atom is 0.254 e. The van der Waals surface area contributed by atoms with E-state index in [2.05, 4.69) is 11.6 Å². The number of allylic oxidation sites excluding steroid dienone is 1. The molecule has 0 aliphatic rings. The van der Waals surface area contributed by atoms with E-state index in [1.54, 1.807) is 71.2 Å². The third-order valence-corrected chi connectivity index (χ3v) is 6.51. The highest BCUT2D eigenvalue weighted by Crippen LogP contribution is 2.19. The second kappa shape index (κ2) is 10.9. The van der Waals surface area contributed by atoms with Crippen molar-refractivity contribution in [3.8, 4) is 0 Å². The first-order valence-electron chi connectivity index (χ1n) is 10.2. The predicted octanol–water partition coefficient (Wildman–Crippen LogP) is 3.33. The number of carbonyl (C=O) groups excluding carboxylic acids is 1. The number of imidazole rings is 1. The highest BCUT2D eigenvalue weighted by molar-refractivity contribution is 7.90. The van der Waals surface area contributed by atoms with E-state index in [9.17, 15) is 13.2 Å². The summed E-state index contributed by atoms with van der Waals surface area (Å²) in [6.45, 7) is 4.92. The quantitative estimate of drug-likeness (QED) is 0.416. The van der Waals surface area contributed by atoms with Gasteiger partial charge in [-0.25, -0.2) is 13.4 Å². The van der Waals surface area contributed by atoms with Crippen molar-refractivity contribution < 1.29 is 17.9 Å². The zero-order valence-corrected chi connectivity index (χ0v) is 18.9. The monoisotopic (exact) mass is 453 g/mol. The lowest BCUT2D eigenvalue weighted by molar-refractivity contribution is 0.0675. The number of ether oxygens (including phenoxy) is 1. The molecule has 0 aliphatic heterocycles. The topological polar surface area (TPSA) is 81.5 Å². The highest BCUT2D eigenvalue weighted by Gasteiger charge is 2.25. The number of hydrogen-bond donors (Lipinski definition) is 0. The molecule has 0 bridgehead atoms. The summed E-state index contributed by atoms with van der Waals surface area (Å²) >= 11 is 0. The Balaban J connectivity index is 1.91. The van der Waals surface area contributed by atoms with Crippen LogP contribution in [0.2, 0.25) is 0 Å². The molecule has 0 spiro atoms. The Hall–Kier alpha value is -3.23. The Bertz CT molecular complexity index is 1140. The summed E-state index contributed by atoms with van der Waals surface area (Å²) in [5, 5.41) is -0.0323. The van der Waals surface area contributed by atoms with Crippen LogP contribution in [0.25, 0.3) is 0 Å². The fraction of sp³-hybridized carbons (Fsp3) is 0.250. The number of carbonyl (C=O) groups is 1. The highest BCUT2D eigenvalue weighted by atomic mass is 32.2. The SMILES string of the molecule is C=CCn1c(CN(CCOC)C(=O)c2ccccc2)cnc1S(=O)(=O)Cc1ccccc1. The van der Waals surface area contributed by atoms with Gasteiger partial charge < -0.3 is 14.2 Å². The van der Waals surface area contributed by atoms with Gasteiger partial charge in [-0.05, 0) is 17.7 Å². The van der Waals surface area contributed by atoms with E-state index in [0.29, 0.717) is 30.0 Å². The minimum atomic E-state index is -3.69. The number of sulfone groups is 1. The van der Waals surface area contributed by atoms with Gasteiger partial charge in [0.05, 0.1) is 30.8 Å². The van der Waals surface area contributed by atoms with Crippen LogP contribution < -0.4 is 0 Å². The lowest BCUT2D eigenvalue weighted by Crippen LogP contribution is -2.34. The average Bonchev–Trinajstić information content (AvgIpc) is 3.20. The fourth-order valence-corrected chi connectivity index (χ4v) is 4.86. The third kappa shape index (κ3) is 5.72. The first kappa shape index (κ1) is 23.4. The molecule has 32 heavy (non-hydrogen) atoms. The first-order chi connectivity index (χ1) is 15.5. The summed E-state index contributed by atoms with van der Waals surface area (Å²) < 4.78 is 33.0. The van der Waals surface area contributed by atoms with Crippen LogP contribution >= 0.6 is 0 Å². The molecular formula is C24H27N3O4S. The average molecular weight is 454 g/mol. The summed E-state index contributed by atoms with van der Waals surface area (Å²) in [4.78, 5) is 18.9. The van der Waals surface area contributed by atoms with E-state index >= 15 is 0 Å². The standard InChI is InChI=1S/C24H27N3O4S/c1-3-14-27-22(17-25-24(27)32(29,30)19-20-10-6-4-7-11-20)18-26(15-16-31-2)23(28)21-12-8-5-9-13-21/h3-13,17H,1,14-16,18-19H2,2H3. The maximum absolute atomic E-state index is 13.1. The Labute approximate surface area is 188 Å². The number of benzene rings is 2. The summed E-state index contributed by atoms with van der Waals surface area (Å²) in [5.41, 5.74) is 1.84.